The van der Waals surface area contributed by atoms with E-state index in [4.69, 9.17) is 0 Å². The summed E-state index contributed by atoms with van der Waals surface area (Å²) in [4.78, 5) is 0. The number of rotatable bonds is 5. The van der Waals surface area contributed by atoms with Gasteiger partial charge in [0, 0.05) is 6.20 Å². The number of hydrogen-bond donors (Lipinski definition) is 1. The second-order valence-corrected chi connectivity index (χ2v) is 3.80. The first-order valence-electron chi connectivity index (χ1n) is 5.40. The van der Waals surface area contributed by atoms with Crippen LogP contribution in [-0.2, 0) is 13.0 Å². The Balaban J connectivity index is 0.00000144. The van der Waals surface area contributed by atoms with E-state index < -0.39 is 0 Å². The number of nitrogens with zero attached hydrogens (tertiary/aromatic N) is 3. The summed E-state index contributed by atoms with van der Waals surface area (Å²) in [5, 5.41) is 17.3. The first kappa shape index (κ1) is 13.7. The third-order valence-electron chi connectivity index (χ3n) is 2.48. The Labute approximate surface area is 107 Å². The number of aryl methyl sites for hydroxylation is 1. The predicted octanol–water partition coefficient (Wildman–Crippen LogP) is 1.69. The maximum atomic E-state index is 9.79. The molecule has 4 nitrogen and oxygen atoms in total. The molecule has 2 rings (SSSR count). The minimum Gasteiger partial charge on any atom is -0.391 e. The summed E-state index contributed by atoms with van der Waals surface area (Å²) in [5.41, 5.74) is 1.25. The van der Waals surface area contributed by atoms with Crippen LogP contribution in [0.15, 0.2) is 42.7 Å². The Morgan fingerprint density at radius 2 is 2.00 bits per heavy atom. The van der Waals surface area contributed by atoms with E-state index in [0.29, 0.717) is 6.54 Å². The zero-order valence-corrected chi connectivity index (χ0v) is 10.3. The molecule has 0 aliphatic heterocycles. The molecule has 0 amide bonds. The normalized spacial score (nSPS) is 11.8. The molecule has 1 N–H and O–H groups in total. The standard InChI is InChI=1S/C12H15N3O.ClH/c16-12(10-15-9-8-13-14-15)7-6-11-4-2-1-3-5-11;/h1-5,8-9,12,16H,6-7,10H2;1H. The molecule has 1 heterocycles. The van der Waals surface area contributed by atoms with Crippen LogP contribution in [-0.4, -0.2) is 26.2 Å². The zero-order valence-electron chi connectivity index (χ0n) is 9.44. The number of benzene rings is 1. The van der Waals surface area contributed by atoms with E-state index in [1.165, 1.54) is 5.56 Å². The molecule has 2 aromatic rings. The van der Waals surface area contributed by atoms with Crippen LogP contribution in [0.2, 0.25) is 0 Å². The van der Waals surface area contributed by atoms with Gasteiger partial charge in [-0.1, -0.05) is 35.5 Å². The first-order valence-corrected chi connectivity index (χ1v) is 5.40. The van der Waals surface area contributed by atoms with Gasteiger partial charge in [-0.3, -0.25) is 0 Å². The van der Waals surface area contributed by atoms with Crippen LogP contribution in [0.25, 0.3) is 0 Å². The molecule has 1 unspecified atom stereocenters. The van der Waals surface area contributed by atoms with E-state index in [9.17, 15) is 5.11 Å². The number of hydrogen-bond acceptors (Lipinski definition) is 3. The molecule has 0 saturated carbocycles. The smallest absolute Gasteiger partial charge is 0.0739 e. The van der Waals surface area contributed by atoms with Gasteiger partial charge in [0.15, 0.2) is 0 Å². The van der Waals surface area contributed by atoms with Crippen molar-refractivity contribution in [2.45, 2.75) is 25.5 Å². The van der Waals surface area contributed by atoms with Gasteiger partial charge in [-0.25, -0.2) is 4.68 Å². The van der Waals surface area contributed by atoms with Crippen molar-refractivity contribution in [3.8, 4) is 0 Å². The first-order chi connectivity index (χ1) is 7.84. The number of halogens is 1. The monoisotopic (exact) mass is 253 g/mol. The lowest BCUT2D eigenvalue weighted by Gasteiger charge is -2.09. The lowest BCUT2D eigenvalue weighted by Crippen LogP contribution is -2.17. The molecule has 0 radical (unpaired) electrons. The predicted molar refractivity (Wildman–Crippen MR) is 68.0 cm³/mol. The van der Waals surface area contributed by atoms with E-state index in [1.807, 2.05) is 18.2 Å². The van der Waals surface area contributed by atoms with Gasteiger partial charge >= 0.3 is 0 Å². The summed E-state index contributed by atoms with van der Waals surface area (Å²) in [6, 6.07) is 10.2. The van der Waals surface area contributed by atoms with Gasteiger partial charge in [-0.05, 0) is 18.4 Å². The molecular formula is C12H16ClN3O. The van der Waals surface area contributed by atoms with Crippen LogP contribution in [0.4, 0.5) is 0 Å². The Morgan fingerprint density at radius 3 is 2.65 bits per heavy atom. The number of aliphatic hydroxyl groups is 1. The van der Waals surface area contributed by atoms with Crippen LogP contribution >= 0.6 is 12.4 Å². The van der Waals surface area contributed by atoms with Crippen LogP contribution in [0.3, 0.4) is 0 Å². The van der Waals surface area contributed by atoms with Crippen molar-refractivity contribution in [2.75, 3.05) is 0 Å². The molecule has 1 atom stereocenters. The second kappa shape index (κ2) is 7.04. The van der Waals surface area contributed by atoms with Crippen molar-refractivity contribution in [1.29, 1.82) is 0 Å². The molecule has 1 aromatic carbocycles. The van der Waals surface area contributed by atoms with Crippen molar-refractivity contribution in [2.24, 2.45) is 0 Å². The van der Waals surface area contributed by atoms with Crippen molar-refractivity contribution in [3.63, 3.8) is 0 Å². The molecule has 17 heavy (non-hydrogen) atoms. The summed E-state index contributed by atoms with van der Waals surface area (Å²) in [6.45, 7) is 0.507. The van der Waals surface area contributed by atoms with E-state index in [0.717, 1.165) is 12.8 Å². The summed E-state index contributed by atoms with van der Waals surface area (Å²) < 4.78 is 1.65. The maximum absolute atomic E-state index is 9.79. The van der Waals surface area contributed by atoms with Crippen molar-refractivity contribution in [1.82, 2.24) is 15.0 Å². The topological polar surface area (TPSA) is 50.9 Å². The van der Waals surface area contributed by atoms with E-state index >= 15 is 0 Å². The van der Waals surface area contributed by atoms with Gasteiger partial charge in [0.05, 0.1) is 18.8 Å². The molecule has 5 heteroatoms. The van der Waals surface area contributed by atoms with E-state index in [2.05, 4.69) is 22.4 Å². The summed E-state index contributed by atoms with van der Waals surface area (Å²) in [6.07, 6.45) is 4.62. The lowest BCUT2D eigenvalue weighted by molar-refractivity contribution is 0.139. The minimum atomic E-state index is -0.373. The van der Waals surface area contributed by atoms with Gasteiger partial charge in [0.2, 0.25) is 0 Å². The average molecular weight is 254 g/mol. The summed E-state index contributed by atoms with van der Waals surface area (Å²) in [7, 11) is 0. The number of aromatic nitrogens is 3. The van der Waals surface area contributed by atoms with Gasteiger partial charge in [-0.2, -0.15) is 0 Å². The quantitative estimate of drug-likeness (QED) is 0.882. The summed E-state index contributed by atoms with van der Waals surface area (Å²) >= 11 is 0. The Bertz CT molecular complexity index is 405. The maximum Gasteiger partial charge on any atom is 0.0739 e. The second-order valence-electron chi connectivity index (χ2n) is 3.80. The molecule has 92 valence electrons. The van der Waals surface area contributed by atoms with Crippen LogP contribution in [0, 0.1) is 0 Å². The zero-order chi connectivity index (χ0) is 11.2. The molecule has 0 saturated heterocycles. The highest BCUT2D eigenvalue weighted by Gasteiger charge is 2.05. The molecular weight excluding hydrogens is 238 g/mol. The molecule has 0 spiro atoms. The third kappa shape index (κ3) is 4.54. The largest absolute Gasteiger partial charge is 0.391 e. The van der Waals surface area contributed by atoms with Crippen LogP contribution in [0.1, 0.15) is 12.0 Å². The molecule has 0 bridgehead atoms. The Morgan fingerprint density at radius 1 is 1.24 bits per heavy atom. The Hall–Kier alpha value is -1.39. The van der Waals surface area contributed by atoms with Gasteiger partial charge < -0.3 is 5.11 Å². The summed E-state index contributed by atoms with van der Waals surface area (Å²) in [5.74, 6) is 0. The van der Waals surface area contributed by atoms with Gasteiger partial charge in [-0.15, -0.1) is 17.5 Å². The molecule has 1 aromatic heterocycles. The molecule has 0 aliphatic carbocycles. The van der Waals surface area contributed by atoms with Crippen LogP contribution < -0.4 is 0 Å². The lowest BCUT2D eigenvalue weighted by atomic mass is 10.1. The van der Waals surface area contributed by atoms with Crippen molar-refractivity contribution < 1.29 is 5.11 Å². The van der Waals surface area contributed by atoms with Gasteiger partial charge in [0.1, 0.15) is 0 Å². The number of aliphatic hydroxyl groups excluding tert-OH is 1. The van der Waals surface area contributed by atoms with Gasteiger partial charge in [0.25, 0.3) is 0 Å². The minimum absolute atomic E-state index is 0. The van der Waals surface area contributed by atoms with Crippen LogP contribution in [0.5, 0.6) is 0 Å². The highest BCUT2D eigenvalue weighted by molar-refractivity contribution is 5.85. The fourth-order valence-corrected chi connectivity index (χ4v) is 1.62. The van der Waals surface area contributed by atoms with E-state index in [-0.39, 0.29) is 18.5 Å². The Kier molecular flexibility index (Phi) is 5.66. The fourth-order valence-electron chi connectivity index (χ4n) is 1.62. The van der Waals surface area contributed by atoms with E-state index in [1.54, 1.807) is 17.1 Å². The molecule has 0 fully saturated rings. The fraction of sp³-hybridized carbons (Fsp3) is 0.333. The highest BCUT2D eigenvalue weighted by atomic mass is 35.5. The molecule has 0 aliphatic rings. The highest BCUT2D eigenvalue weighted by Crippen LogP contribution is 2.05. The average Bonchev–Trinajstić information content (AvgIpc) is 2.81. The SMILES string of the molecule is Cl.OC(CCc1ccccc1)Cn1ccnn1. The third-order valence-corrected chi connectivity index (χ3v) is 2.48. The van der Waals surface area contributed by atoms with Crippen molar-refractivity contribution >= 4 is 12.4 Å². The van der Waals surface area contributed by atoms with Crippen molar-refractivity contribution in [3.05, 3.63) is 48.3 Å².